The molecule has 2 N–H and O–H groups in total. The SMILES string of the molecule is CC1CCCCCN1S(=O)(=O)N1CCCCC1CN. The number of hydrogen-bond donors (Lipinski definition) is 1. The van der Waals surface area contributed by atoms with Crippen molar-refractivity contribution in [3.63, 3.8) is 0 Å². The molecule has 0 aromatic carbocycles. The number of nitrogens with zero attached hydrogens (tertiary/aromatic N) is 2. The average molecular weight is 289 g/mol. The van der Waals surface area contributed by atoms with Crippen molar-refractivity contribution in [1.82, 2.24) is 8.61 Å². The van der Waals surface area contributed by atoms with Crippen LogP contribution in [0.5, 0.6) is 0 Å². The third kappa shape index (κ3) is 3.29. The van der Waals surface area contributed by atoms with Gasteiger partial charge in [0.25, 0.3) is 10.2 Å². The normalized spacial score (nSPS) is 32.1. The minimum absolute atomic E-state index is 0.00537. The molecule has 2 unspecified atom stereocenters. The van der Waals surface area contributed by atoms with E-state index in [9.17, 15) is 8.42 Å². The van der Waals surface area contributed by atoms with Gasteiger partial charge in [-0.2, -0.15) is 17.0 Å². The van der Waals surface area contributed by atoms with E-state index in [0.29, 0.717) is 19.6 Å². The van der Waals surface area contributed by atoms with E-state index >= 15 is 0 Å². The summed E-state index contributed by atoms with van der Waals surface area (Å²) in [7, 11) is -3.33. The van der Waals surface area contributed by atoms with Gasteiger partial charge in [0.15, 0.2) is 0 Å². The molecule has 0 bridgehead atoms. The van der Waals surface area contributed by atoms with Crippen LogP contribution >= 0.6 is 0 Å². The average Bonchev–Trinajstić information content (AvgIpc) is 2.63. The number of nitrogens with two attached hydrogens (primary N) is 1. The van der Waals surface area contributed by atoms with Crippen molar-refractivity contribution in [2.45, 2.75) is 64.0 Å². The largest absolute Gasteiger partial charge is 0.329 e. The van der Waals surface area contributed by atoms with E-state index in [-0.39, 0.29) is 12.1 Å². The van der Waals surface area contributed by atoms with Crippen LogP contribution in [-0.2, 0) is 10.2 Å². The molecule has 2 rings (SSSR count). The molecular formula is C13H27N3O2S. The molecule has 0 aliphatic carbocycles. The maximum absolute atomic E-state index is 12.9. The molecule has 112 valence electrons. The molecule has 2 saturated heterocycles. The highest BCUT2D eigenvalue weighted by molar-refractivity contribution is 7.86. The van der Waals surface area contributed by atoms with E-state index in [1.54, 1.807) is 8.61 Å². The highest BCUT2D eigenvalue weighted by Crippen LogP contribution is 2.26. The summed E-state index contributed by atoms with van der Waals surface area (Å²) in [5.74, 6) is 0. The molecule has 19 heavy (non-hydrogen) atoms. The zero-order valence-electron chi connectivity index (χ0n) is 11.9. The summed E-state index contributed by atoms with van der Waals surface area (Å²) in [6.07, 6.45) is 7.16. The number of piperidine rings is 1. The Hall–Kier alpha value is -0.170. The Labute approximate surface area is 117 Å². The Balaban J connectivity index is 2.19. The summed E-state index contributed by atoms with van der Waals surface area (Å²) in [6, 6.07) is 0.113. The lowest BCUT2D eigenvalue weighted by Gasteiger charge is -2.39. The fraction of sp³-hybridized carbons (Fsp3) is 1.00. The quantitative estimate of drug-likeness (QED) is 0.852. The van der Waals surface area contributed by atoms with Gasteiger partial charge in [0.05, 0.1) is 0 Å². The third-order valence-electron chi connectivity index (χ3n) is 4.43. The first-order valence-electron chi connectivity index (χ1n) is 7.56. The lowest BCUT2D eigenvalue weighted by molar-refractivity contribution is 0.224. The Bertz CT molecular complexity index is 377. The molecule has 2 aliphatic heterocycles. The van der Waals surface area contributed by atoms with Crippen molar-refractivity contribution in [2.24, 2.45) is 5.73 Å². The molecule has 0 saturated carbocycles. The molecule has 0 aromatic rings. The molecule has 0 aromatic heterocycles. The van der Waals surface area contributed by atoms with Crippen LogP contribution in [0.4, 0.5) is 0 Å². The van der Waals surface area contributed by atoms with Crippen LogP contribution in [0.25, 0.3) is 0 Å². The first kappa shape index (κ1) is 15.2. The summed E-state index contributed by atoms with van der Waals surface area (Å²) < 4.78 is 29.1. The maximum Gasteiger partial charge on any atom is 0.282 e. The minimum Gasteiger partial charge on any atom is -0.329 e. The summed E-state index contributed by atoms with van der Waals surface area (Å²) in [5, 5.41) is 0. The first-order chi connectivity index (χ1) is 9.07. The van der Waals surface area contributed by atoms with Gasteiger partial charge in [0.2, 0.25) is 0 Å². The van der Waals surface area contributed by atoms with Gasteiger partial charge >= 0.3 is 0 Å². The number of hydrogen-bond acceptors (Lipinski definition) is 3. The molecule has 2 aliphatic rings. The fourth-order valence-corrected chi connectivity index (χ4v) is 5.36. The van der Waals surface area contributed by atoms with Crippen molar-refractivity contribution in [1.29, 1.82) is 0 Å². The van der Waals surface area contributed by atoms with Crippen molar-refractivity contribution in [2.75, 3.05) is 19.6 Å². The van der Waals surface area contributed by atoms with Crippen LogP contribution in [0.15, 0.2) is 0 Å². The Kier molecular flexibility index (Phi) is 5.22. The molecule has 2 heterocycles. The zero-order chi connectivity index (χ0) is 13.9. The second-order valence-electron chi connectivity index (χ2n) is 5.81. The van der Waals surface area contributed by atoms with E-state index in [1.165, 1.54) is 0 Å². The Morgan fingerprint density at radius 1 is 1.00 bits per heavy atom. The van der Waals surface area contributed by atoms with Gasteiger partial charge in [0, 0.05) is 31.7 Å². The van der Waals surface area contributed by atoms with Crippen LogP contribution in [0, 0.1) is 0 Å². The molecule has 0 spiro atoms. The summed E-state index contributed by atoms with van der Waals surface area (Å²) in [6.45, 7) is 3.76. The fourth-order valence-electron chi connectivity index (χ4n) is 3.24. The van der Waals surface area contributed by atoms with Crippen molar-refractivity contribution < 1.29 is 8.42 Å². The lowest BCUT2D eigenvalue weighted by Crippen LogP contribution is -2.54. The zero-order valence-corrected chi connectivity index (χ0v) is 12.7. The highest BCUT2D eigenvalue weighted by Gasteiger charge is 2.38. The first-order valence-corrected chi connectivity index (χ1v) is 8.95. The van der Waals surface area contributed by atoms with Crippen LogP contribution in [0.3, 0.4) is 0 Å². The molecule has 0 radical (unpaired) electrons. The second-order valence-corrected chi connectivity index (χ2v) is 7.65. The topological polar surface area (TPSA) is 66.6 Å². The van der Waals surface area contributed by atoms with E-state index in [4.69, 9.17) is 5.73 Å². The third-order valence-corrected chi connectivity index (χ3v) is 6.64. The van der Waals surface area contributed by atoms with Gasteiger partial charge in [-0.1, -0.05) is 19.3 Å². The molecule has 2 atom stereocenters. The Morgan fingerprint density at radius 2 is 1.63 bits per heavy atom. The van der Waals surface area contributed by atoms with Crippen molar-refractivity contribution >= 4 is 10.2 Å². The van der Waals surface area contributed by atoms with E-state index < -0.39 is 10.2 Å². The highest BCUT2D eigenvalue weighted by atomic mass is 32.2. The van der Waals surface area contributed by atoms with Crippen molar-refractivity contribution in [3.8, 4) is 0 Å². The molecule has 2 fully saturated rings. The van der Waals surface area contributed by atoms with E-state index in [2.05, 4.69) is 0 Å². The van der Waals surface area contributed by atoms with Crippen LogP contribution in [-0.4, -0.2) is 48.7 Å². The minimum atomic E-state index is -3.33. The van der Waals surface area contributed by atoms with Gasteiger partial charge in [-0.25, -0.2) is 0 Å². The maximum atomic E-state index is 12.9. The molecule has 5 nitrogen and oxygen atoms in total. The van der Waals surface area contributed by atoms with Gasteiger partial charge in [0.1, 0.15) is 0 Å². The Morgan fingerprint density at radius 3 is 2.37 bits per heavy atom. The van der Waals surface area contributed by atoms with Gasteiger partial charge < -0.3 is 5.73 Å². The van der Waals surface area contributed by atoms with Crippen molar-refractivity contribution in [3.05, 3.63) is 0 Å². The van der Waals surface area contributed by atoms with Crippen LogP contribution < -0.4 is 5.73 Å². The number of rotatable bonds is 3. The summed E-state index contributed by atoms with van der Waals surface area (Å²) >= 11 is 0. The van der Waals surface area contributed by atoms with E-state index in [0.717, 1.165) is 44.9 Å². The second kappa shape index (κ2) is 6.52. The lowest BCUT2D eigenvalue weighted by atomic mass is 10.1. The predicted octanol–water partition coefficient (Wildman–Crippen LogP) is 1.31. The summed E-state index contributed by atoms with van der Waals surface area (Å²) in [5.41, 5.74) is 5.76. The van der Waals surface area contributed by atoms with Gasteiger partial charge in [-0.15, -0.1) is 0 Å². The standard InChI is InChI=1S/C13H27N3O2S/c1-12-7-3-2-5-9-15(12)19(17,18)16-10-6-4-8-13(16)11-14/h12-13H,2-11,14H2,1H3. The molecule has 6 heteroatoms. The summed E-state index contributed by atoms with van der Waals surface area (Å²) in [4.78, 5) is 0. The molecule has 0 amide bonds. The van der Waals surface area contributed by atoms with Crippen LogP contribution in [0.2, 0.25) is 0 Å². The predicted molar refractivity (Wildman–Crippen MR) is 77.0 cm³/mol. The van der Waals surface area contributed by atoms with Gasteiger partial charge in [-0.3, -0.25) is 0 Å². The van der Waals surface area contributed by atoms with E-state index in [1.807, 2.05) is 6.92 Å². The van der Waals surface area contributed by atoms with Crippen LogP contribution in [0.1, 0.15) is 51.9 Å². The monoisotopic (exact) mass is 289 g/mol. The molecular weight excluding hydrogens is 262 g/mol. The smallest absolute Gasteiger partial charge is 0.282 e. The van der Waals surface area contributed by atoms with Gasteiger partial charge in [-0.05, 0) is 32.6 Å².